The highest BCUT2D eigenvalue weighted by Gasteiger charge is 2.37. The summed E-state index contributed by atoms with van der Waals surface area (Å²) >= 11 is 5.54. The largest absolute Gasteiger partial charge is 0.328 e. The first kappa shape index (κ1) is 14.9. The van der Waals surface area contributed by atoms with Gasteiger partial charge in [0.15, 0.2) is 0 Å². The number of nitrogens with zero attached hydrogens (tertiary/aromatic N) is 3. The zero-order chi connectivity index (χ0) is 14.1. The molecule has 0 radical (unpaired) electrons. The van der Waals surface area contributed by atoms with Crippen molar-refractivity contribution in [1.82, 2.24) is 9.78 Å². The summed E-state index contributed by atoms with van der Waals surface area (Å²) in [6, 6.07) is 0. The van der Waals surface area contributed by atoms with Gasteiger partial charge in [0.1, 0.15) is 5.69 Å². The van der Waals surface area contributed by atoms with E-state index in [4.69, 9.17) is 11.6 Å². The summed E-state index contributed by atoms with van der Waals surface area (Å²) in [5.74, 6) is -0.132. The first-order valence-electron chi connectivity index (χ1n) is 5.29. The van der Waals surface area contributed by atoms with Crippen molar-refractivity contribution in [2.75, 3.05) is 5.88 Å². The second kappa shape index (κ2) is 5.23. The van der Waals surface area contributed by atoms with Crippen LogP contribution in [0.25, 0.3) is 0 Å². The second-order valence-electron chi connectivity index (χ2n) is 3.82. The third kappa shape index (κ3) is 2.35. The Morgan fingerprint density at radius 1 is 1.56 bits per heavy atom. The molecule has 0 saturated heterocycles. The Morgan fingerprint density at radius 3 is 2.50 bits per heavy atom. The number of halogens is 1. The van der Waals surface area contributed by atoms with Crippen LogP contribution in [0.2, 0.25) is 0 Å². The molecule has 1 unspecified atom stereocenters. The van der Waals surface area contributed by atoms with Crippen molar-refractivity contribution in [3.8, 4) is 0 Å². The smallest absolute Gasteiger partial charge is 0.258 e. The van der Waals surface area contributed by atoms with Gasteiger partial charge in [-0.15, -0.1) is 11.6 Å². The molecule has 1 aromatic rings. The van der Waals surface area contributed by atoms with Crippen molar-refractivity contribution >= 4 is 27.1 Å². The SMILES string of the molecule is CCn1nc(C)c([N+](=O)[O-])c1S(=O)(=O)C(C)CCl. The van der Waals surface area contributed by atoms with Gasteiger partial charge in [0, 0.05) is 12.4 Å². The van der Waals surface area contributed by atoms with Gasteiger partial charge in [0.25, 0.3) is 0 Å². The predicted octanol–water partition coefficient (Wildman–Crippen LogP) is 1.52. The summed E-state index contributed by atoms with van der Waals surface area (Å²) in [6.07, 6.45) is 0. The van der Waals surface area contributed by atoms with Crippen LogP contribution in [0.5, 0.6) is 0 Å². The fraction of sp³-hybridized carbons (Fsp3) is 0.667. The molecule has 1 aromatic heterocycles. The minimum Gasteiger partial charge on any atom is -0.258 e. The lowest BCUT2D eigenvalue weighted by atomic mass is 10.4. The zero-order valence-corrected chi connectivity index (χ0v) is 11.8. The Hall–Kier alpha value is -1.15. The maximum Gasteiger partial charge on any atom is 0.328 e. The van der Waals surface area contributed by atoms with E-state index in [0.717, 1.165) is 4.68 Å². The van der Waals surface area contributed by atoms with Crippen molar-refractivity contribution in [3.05, 3.63) is 15.8 Å². The molecule has 0 amide bonds. The van der Waals surface area contributed by atoms with E-state index in [-0.39, 0.29) is 23.1 Å². The molecule has 0 saturated carbocycles. The lowest BCUT2D eigenvalue weighted by Crippen LogP contribution is -2.23. The quantitative estimate of drug-likeness (QED) is 0.466. The molecule has 102 valence electrons. The minimum atomic E-state index is -3.86. The van der Waals surface area contributed by atoms with Crippen LogP contribution >= 0.6 is 11.6 Å². The molecule has 1 rings (SSSR count). The molecule has 0 aliphatic rings. The molecule has 0 aliphatic carbocycles. The maximum atomic E-state index is 12.2. The molecule has 0 aromatic carbocycles. The molecule has 0 N–H and O–H groups in total. The van der Waals surface area contributed by atoms with Crippen molar-refractivity contribution in [1.29, 1.82) is 0 Å². The van der Waals surface area contributed by atoms with E-state index in [0.29, 0.717) is 0 Å². The van der Waals surface area contributed by atoms with E-state index in [1.165, 1.54) is 13.8 Å². The fourth-order valence-electron chi connectivity index (χ4n) is 1.53. The maximum absolute atomic E-state index is 12.2. The van der Waals surface area contributed by atoms with Gasteiger partial charge < -0.3 is 0 Å². The zero-order valence-electron chi connectivity index (χ0n) is 10.3. The Kier molecular flexibility index (Phi) is 4.33. The fourth-order valence-corrected chi connectivity index (χ4v) is 3.53. The lowest BCUT2D eigenvalue weighted by Gasteiger charge is -2.10. The average molecular weight is 296 g/mol. The first-order valence-corrected chi connectivity index (χ1v) is 7.37. The van der Waals surface area contributed by atoms with Crippen LogP contribution in [0.4, 0.5) is 5.69 Å². The summed E-state index contributed by atoms with van der Waals surface area (Å²) in [6.45, 7) is 4.72. The van der Waals surface area contributed by atoms with Crippen LogP contribution in [-0.2, 0) is 16.4 Å². The van der Waals surface area contributed by atoms with Crippen LogP contribution in [0.1, 0.15) is 19.5 Å². The van der Waals surface area contributed by atoms with Gasteiger partial charge in [-0.05, 0) is 20.8 Å². The monoisotopic (exact) mass is 295 g/mol. The number of sulfone groups is 1. The second-order valence-corrected chi connectivity index (χ2v) is 6.41. The average Bonchev–Trinajstić information content (AvgIpc) is 2.65. The highest BCUT2D eigenvalue weighted by molar-refractivity contribution is 7.92. The number of nitro groups is 1. The van der Waals surface area contributed by atoms with Crippen molar-refractivity contribution in [2.24, 2.45) is 0 Å². The molecule has 7 nitrogen and oxygen atoms in total. The Bertz CT molecular complexity index is 567. The topological polar surface area (TPSA) is 95.1 Å². The van der Waals surface area contributed by atoms with Gasteiger partial charge in [-0.25, -0.2) is 13.1 Å². The van der Waals surface area contributed by atoms with Gasteiger partial charge in [-0.1, -0.05) is 0 Å². The van der Waals surface area contributed by atoms with Crippen LogP contribution in [0, 0.1) is 17.0 Å². The summed E-state index contributed by atoms with van der Waals surface area (Å²) < 4.78 is 25.6. The third-order valence-corrected chi connectivity index (χ3v) is 5.36. The standard InChI is InChI=1S/C9H14ClN3O4S/c1-4-12-9(18(16,17)6(2)5-10)8(13(14)15)7(3)11-12/h6H,4-5H2,1-3H3. The van der Waals surface area contributed by atoms with Gasteiger partial charge in [-0.2, -0.15) is 5.10 Å². The Balaban J connectivity index is 3.62. The molecular formula is C9H14ClN3O4S. The van der Waals surface area contributed by atoms with E-state index in [2.05, 4.69) is 5.10 Å². The summed E-state index contributed by atoms with van der Waals surface area (Å²) in [7, 11) is -3.86. The minimum absolute atomic E-state index is 0.0854. The highest BCUT2D eigenvalue weighted by atomic mass is 35.5. The number of aryl methyl sites for hydroxylation is 2. The molecule has 0 spiro atoms. The number of hydrogen-bond donors (Lipinski definition) is 0. The first-order chi connectivity index (χ1) is 8.27. The van der Waals surface area contributed by atoms with Crippen LogP contribution < -0.4 is 0 Å². The number of hydrogen-bond acceptors (Lipinski definition) is 5. The van der Waals surface area contributed by atoms with E-state index in [9.17, 15) is 18.5 Å². The molecule has 0 bridgehead atoms. The van der Waals surface area contributed by atoms with Crippen LogP contribution in [-0.4, -0.2) is 34.3 Å². The van der Waals surface area contributed by atoms with Crippen LogP contribution in [0.15, 0.2) is 5.03 Å². The van der Waals surface area contributed by atoms with Crippen molar-refractivity contribution in [3.63, 3.8) is 0 Å². The van der Waals surface area contributed by atoms with Crippen molar-refractivity contribution < 1.29 is 13.3 Å². The van der Waals surface area contributed by atoms with E-state index in [1.807, 2.05) is 0 Å². The molecule has 1 heterocycles. The predicted molar refractivity (Wildman–Crippen MR) is 66.7 cm³/mol. The summed E-state index contributed by atoms with van der Waals surface area (Å²) in [4.78, 5) is 10.3. The Labute approximate surface area is 110 Å². The molecule has 0 aliphatic heterocycles. The number of alkyl halides is 1. The highest BCUT2D eigenvalue weighted by Crippen LogP contribution is 2.30. The normalized spacial score (nSPS) is 13.6. The molecule has 18 heavy (non-hydrogen) atoms. The summed E-state index contributed by atoms with van der Waals surface area (Å²) in [5, 5.41) is 13.6. The van der Waals surface area contributed by atoms with E-state index < -0.39 is 25.7 Å². The molecule has 0 fully saturated rings. The van der Waals surface area contributed by atoms with E-state index in [1.54, 1.807) is 6.92 Å². The molecule has 9 heteroatoms. The van der Waals surface area contributed by atoms with E-state index >= 15 is 0 Å². The van der Waals surface area contributed by atoms with Gasteiger partial charge in [-0.3, -0.25) is 10.1 Å². The number of rotatable bonds is 5. The van der Waals surface area contributed by atoms with Gasteiger partial charge in [0.05, 0.1) is 10.2 Å². The molecular weight excluding hydrogens is 282 g/mol. The van der Waals surface area contributed by atoms with Gasteiger partial charge in [0.2, 0.25) is 14.9 Å². The summed E-state index contributed by atoms with van der Waals surface area (Å²) in [5.41, 5.74) is -0.379. The third-order valence-electron chi connectivity index (χ3n) is 2.55. The van der Waals surface area contributed by atoms with Crippen LogP contribution in [0.3, 0.4) is 0 Å². The lowest BCUT2D eigenvalue weighted by molar-refractivity contribution is -0.388. The Morgan fingerprint density at radius 2 is 2.11 bits per heavy atom. The van der Waals surface area contributed by atoms with Crippen molar-refractivity contribution in [2.45, 2.75) is 37.6 Å². The van der Waals surface area contributed by atoms with Gasteiger partial charge >= 0.3 is 5.69 Å². The number of aromatic nitrogens is 2. The molecule has 1 atom stereocenters.